The Morgan fingerprint density at radius 3 is 2.18 bits per heavy atom. The van der Waals surface area contributed by atoms with Crippen molar-refractivity contribution in [3.05, 3.63) is 59.7 Å². The van der Waals surface area contributed by atoms with Crippen molar-refractivity contribution in [2.75, 3.05) is 20.3 Å². The number of benzene rings is 2. The van der Waals surface area contributed by atoms with E-state index < -0.39 is 23.5 Å². The molecule has 0 heterocycles. The second-order valence-corrected chi connectivity index (χ2v) is 8.73. The number of methoxy groups -OCH3 is 1. The molecule has 8 heteroatoms. The summed E-state index contributed by atoms with van der Waals surface area (Å²) in [5.74, 6) is -1.63. The zero-order chi connectivity index (χ0) is 24.7. The largest absolute Gasteiger partial charge is 0.479 e. The van der Waals surface area contributed by atoms with Gasteiger partial charge in [-0.3, -0.25) is 4.79 Å². The predicted octanol–water partition coefficient (Wildman–Crippen LogP) is 3.69. The van der Waals surface area contributed by atoms with Crippen molar-refractivity contribution >= 4 is 18.0 Å². The Hall–Kier alpha value is -3.39. The maximum Gasteiger partial charge on any atom is 0.407 e. The van der Waals surface area contributed by atoms with Crippen LogP contribution in [-0.4, -0.2) is 55.0 Å². The van der Waals surface area contributed by atoms with Crippen LogP contribution in [-0.2, 0) is 19.1 Å². The van der Waals surface area contributed by atoms with Crippen molar-refractivity contribution in [1.82, 2.24) is 10.6 Å². The molecular weight excluding hydrogens is 436 g/mol. The van der Waals surface area contributed by atoms with Crippen molar-refractivity contribution in [2.24, 2.45) is 0 Å². The number of carbonyl (C=O) groups is 3. The van der Waals surface area contributed by atoms with E-state index in [9.17, 15) is 19.5 Å². The van der Waals surface area contributed by atoms with Crippen molar-refractivity contribution in [2.45, 2.75) is 50.6 Å². The summed E-state index contributed by atoms with van der Waals surface area (Å²) in [6, 6.07) is 16.0. The Labute approximate surface area is 199 Å². The molecule has 2 aromatic carbocycles. The van der Waals surface area contributed by atoms with Gasteiger partial charge in [0.2, 0.25) is 5.91 Å². The maximum atomic E-state index is 12.5. The van der Waals surface area contributed by atoms with E-state index in [-0.39, 0.29) is 31.6 Å². The second-order valence-electron chi connectivity index (χ2n) is 8.73. The van der Waals surface area contributed by atoms with E-state index in [4.69, 9.17) is 9.47 Å². The number of rotatable bonds is 11. The number of carboxylic acid groups (broad SMARTS) is 1. The summed E-state index contributed by atoms with van der Waals surface area (Å²) in [7, 11) is 1.37. The Balaban J connectivity index is 1.52. The molecule has 3 rings (SSSR count). The van der Waals surface area contributed by atoms with E-state index in [2.05, 4.69) is 34.9 Å². The van der Waals surface area contributed by atoms with Gasteiger partial charge in [-0.15, -0.1) is 0 Å². The molecule has 34 heavy (non-hydrogen) atoms. The van der Waals surface area contributed by atoms with Gasteiger partial charge in [0.15, 0.2) is 5.54 Å². The molecule has 0 aliphatic heterocycles. The number of aliphatic carboxylic acids is 1. The number of fused-ring (bicyclic) bond motifs is 3. The number of carbonyl (C=O) groups excluding carboxylic acids is 2. The highest BCUT2D eigenvalue weighted by Crippen LogP contribution is 2.44. The smallest absolute Gasteiger partial charge is 0.407 e. The third-order valence-corrected chi connectivity index (χ3v) is 6.20. The zero-order valence-corrected chi connectivity index (χ0v) is 19.8. The fourth-order valence-electron chi connectivity index (χ4n) is 4.30. The SMILES string of the molecule is CCC(CCC(=O)NC(C)(COC)C(=O)O)NC(=O)OCC1c2ccccc2-c2ccccc21. The van der Waals surface area contributed by atoms with E-state index in [1.165, 1.54) is 14.0 Å². The van der Waals surface area contributed by atoms with Gasteiger partial charge in [-0.2, -0.15) is 0 Å². The minimum Gasteiger partial charge on any atom is -0.479 e. The quantitative estimate of drug-likeness (QED) is 0.464. The molecule has 2 atom stereocenters. The molecule has 0 bridgehead atoms. The molecular formula is C26H32N2O6. The summed E-state index contributed by atoms with van der Waals surface area (Å²) in [6.45, 7) is 3.36. The first-order valence-corrected chi connectivity index (χ1v) is 11.4. The molecule has 2 unspecified atom stereocenters. The third kappa shape index (κ3) is 5.75. The number of amides is 2. The zero-order valence-electron chi connectivity index (χ0n) is 19.8. The monoisotopic (exact) mass is 468 g/mol. The number of carboxylic acids is 1. The van der Waals surface area contributed by atoms with Gasteiger partial charge >= 0.3 is 12.1 Å². The standard InChI is InChI=1S/C26H32N2O6/c1-4-17(13-14-23(29)28-26(2,16-33-3)24(30)31)27-25(32)34-15-22-20-11-7-5-9-18(20)19-10-6-8-12-21(19)22/h5-12,17,22H,4,13-16H2,1-3H3,(H,27,32)(H,28,29)(H,30,31). The highest BCUT2D eigenvalue weighted by atomic mass is 16.5. The molecule has 8 nitrogen and oxygen atoms in total. The van der Waals surface area contributed by atoms with Gasteiger partial charge in [-0.05, 0) is 42.0 Å². The van der Waals surface area contributed by atoms with Gasteiger partial charge in [0.05, 0.1) is 6.61 Å². The molecule has 182 valence electrons. The van der Waals surface area contributed by atoms with Gasteiger partial charge in [-0.25, -0.2) is 9.59 Å². The number of alkyl carbamates (subject to hydrolysis) is 1. The van der Waals surface area contributed by atoms with Crippen molar-refractivity contribution < 1.29 is 29.0 Å². The first-order chi connectivity index (χ1) is 16.3. The van der Waals surface area contributed by atoms with Crippen molar-refractivity contribution in [1.29, 1.82) is 0 Å². The molecule has 0 spiro atoms. The lowest BCUT2D eigenvalue weighted by Crippen LogP contribution is -2.55. The molecule has 0 aromatic heterocycles. The Kier molecular flexibility index (Phi) is 8.28. The van der Waals surface area contributed by atoms with Crippen LogP contribution in [0.25, 0.3) is 11.1 Å². The van der Waals surface area contributed by atoms with Crippen LogP contribution in [0.5, 0.6) is 0 Å². The maximum absolute atomic E-state index is 12.5. The molecule has 0 radical (unpaired) electrons. The fourth-order valence-corrected chi connectivity index (χ4v) is 4.30. The molecule has 3 N–H and O–H groups in total. The van der Waals surface area contributed by atoms with Crippen molar-refractivity contribution in [3.63, 3.8) is 0 Å². The lowest BCUT2D eigenvalue weighted by molar-refractivity contribution is -0.149. The van der Waals surface area contributed by atoms with E-state index in [1.807, 2.05) is 31.2 Å². The lowest BCUT2D eigenvalue weighted by atomic mass is 9.98. The highest BCUT2D eigenvalue weighted by Gasteiger charge is 2.35. The Bertz CT molecular complexity index is 994. The minimum absolute atomic E-state index is 0.0292. The average Bonchev–Trinajstić information content (AvgIpc) is 3.14. The summed E-state index contributed by atoms with van der Waals surface area (Å²) >= 11 is 0. The Morgan fingerprint density at radius 2 is 1.65 bits per heavy atom. The van der Waals surface area contributed by atoms with Crippen LogP contribution in [0.15, 0.2) is 48.5 Å². The normalized spacial score (nSPS) is 14.9. The van der Waals surface area contributed by atoms with Gasteiger partial charge < -0.3 is 25.2 Å². The van der Waals surface area contributed by atoms with Crippen LogP contribution in [0.1, 0.15) is 50.2 Å². The van der Waals surface area contributed by atoms with Crippen LogP contribution >= 0.6 is 0 Å². The highest BCUT2D eigenvalue weighted by molar-refractivity contribution is 5.86. The molecule has 2 amide bonds. The topological polar surface area (TPSA) is 114 Å². The molecule has 1 aliphatic rings. The minimum atomic E-state index is -1.51. The van der Waals surface area contributed by atoms with E-state index in [0.29, 0.717) is 12.8 Å². The van der Waals surface area contributed by atoms with E-state index in [0.717, 1.165) is 22.3 Å². The molecule has 0 saturated carbocycles. The van der Waals surface area contributed by atoms with Crippen molar-refractivity contribution in [3.8, 4) is 11.1 Å². The summed E-state index contributed by atoms with van der Waals surface area (Å²) in [5.41, 5.74) is 3.08. The van der Waals surface area contributed by atoms with Gasteiger partial charge in [0.25, 0.3) is 0 Å². The van der Waals surface area contributed by atoms with Gasteiger partial charge in [0, 0.05) is 25.5 Å². The van der Waals surface area contributed by atoms with Crippen LogP contribution in [0.3, 0.4) is 0 Å². The predicted molar refractivity (Wildman–Crippen MR) is 128 cm³/mol. The number of nitrogens with one attached hydrogen (secondary N) is 2. The first-order valence-electron chi connectivity index (χ1n) is 11.4. The van der Waals surface area contributed by atoms with Crippen LogP contribution in [0, 0.1) is 0 Å². The number of ether oxygens (including phenoxy) is 2. The molecule has 0 fully saturated rings. The lowest BCUT2D eigenvalue weighted by Gasteiger charge is -2.25. The molecule has 0 saturated heterocycles. The number of hydrogen-bond donors (Lipinski definition) is 3. The fraction of sp³-hybridized carbons (Fsp3) is 0.423. The van der Waals surface area contributed by atoms with E-state index in [1.54, 1.807) is 0 Å². The van der Waals surface area contributed by atoms with Gasteiger partial charge in [-0.1, -0.05) is 55.5 Å². The third-order valence-electron chi connectivity index (χ3n) is 6.20. The van der Waals surface area contributed by atoms with Crippen LogP contribution < -0.4 is 10.6 Å². The first kappa shape index (κ1) is 25.2. The van der Waals surface area contributed by atoms with Crippen LogP contribution in [0.2, 0.25) is 0 Å². The summed E-state index contributed by atoms with van der Waals surface area (Å²) in [4.78, 5) is 36.3. The average molecular weight is 469 g/mol. The summed E-state index contributed by atoms with van der Waals surface area (Å²) in [6.07, 6.45) is 0.485. The van der Waals surface area contributed by atoms with E-state index >= 15 is 0 Å². The molecule has 1 aliphatic carbocycles. The van der Waals surface area contributed by atoms with Crippen LogP contribution in [0.4, 0.5) is 4.79 Å². The van der Waals surface area contributed by atoms with Gasteiger partial charge in [0.1, 0.15) is 6.61 Å². The summed E-state index contributed by atoms with van der Waals surface area (Å²) in [5, 5.41) is 14.7. The summed E-state index contributed by atoms with van der Waals surface area (Å²) < 4.78 is 10.5. The molecule has 2 aromatic rings. The number of hydrogen-bond acceptors (Lipinski definition) is 5. The second kappa shape index (κ2) is 11.2. The Morgan fingerprint density at radius 1 is 1.06 bits per heavy atom.